The van der Waals surface area contributed by atoms with E-state index in [1.165, 1.54) is 33.0 Å². The molecule has 1 aliphatic carbocycles. The molecule has 0 saturated heterocycles. The Labute approximate surface area is 165 Å². The molecule has 1 amide bonds. The van der Waals surface area contributed by atoms with Crippen molar-refractivity contribution >= 4 is 16.7 Å². The fraction of sp³-hybridized carbons (Fsp3) is 0.280. The van der Waals surface area contributed by atoms with Gasteiger partial charge in [0.15, 0.2) is 0 Å². The van der Waals surface area contributed by atoms with Crippen molar-refractivity contribution in [2.45, 2.75) is 25.7 Å². The van der Waals surface area contributed by atoms with Gasteiger partial charge in [-0.15, -0.1) is 0 Å². The maximum Gasteiger partial charge on any atom is 0.225 e. The number of carbonyl (C=O) groups is 1. The Morgan fingerprint density at radius 3 is 2.61 bits per heavy atom. The smallest absolute Gasteiger partial charge is 0.225 e. The van der Waals surface area contributed by atoms with E-state index in [9.17, 15) is 4.79 Å². The molecule has 2 heterocycles. The summed E-state index contributed by atoms with van der Waals surface area (Å²) < 4.78 is 0. The molecule has 3 heteroatoms. The van der Waals surface area contributed by atoms with Crippen LogP contribution in [0.5, 0.6) is 0 Å². The number of rotatable bonds is 4. The predicted octanol–water partition coefficient (Wildman–Crippen LogP) is 5.01. The average molecular weight is 368 g/mol. The summed E-state index contributed by atoms with van der Waals surface area (Å²) in [7, 11) is 0. The van der Waals surface area contributed by atoms with E-state index in [1.54, 1.807) is 0 Å². The molecule has 0 atom stereocenters. The van der Waals surface area contributed by atoms with E-state index in [1.807, 2.05) is 23.4 Å². The van der Waals surface area contributed by atoms with Crippen LogP contribution in [0.2, 0.25) is 0 Å². The molecule has 1 aliphatic heterocycles. The normalized spacial score (nSPS) is 16.9. The summed E-state index contributed by atoms with van der Waals surface area (Å²) in [6.45, 7) is 1.66. The molecular formula is C25H24N2O. The lowest BCUT2D eigenvalue weighted by atomic mass is 9.96. The molecule has 28 heavy (non-hydrogen) atoms. The minimum Gasteiger partial charge on any atom is -0.338 e. The molecule has 0 bridgehead atoms. The van der Waals surface area contributed by atoms with Crippen LogP contribution in [0.4, 0.5) is 0 Å². The molecular weight excluding hydrogens is 344 g/mol. The van der Waals surface area contributed by atoms with Crippen LogP contribution >= 0.6 is 0 Å². The van der Waals surface area contributed by atoms with Crippen molar-refractivity contribution in [1.29, 1.82) is 0 Å². The largest absolute Gasteiger partial charge is 0.338 e. The molecule has 0 unspecified atom stereocenters. The van der Waals surface area contributed by atoms with Gasteiger partial charge in [0.25, 0.3) is 0 Å². The molecule has 1 saturated carbocycles. The summed E-state index contributed by atoms with van der Waals surface area (Å²) in [5, 5.41) is 2.40. The number of aromatic nitrogens is 1. The van der Waals surface area contributed by atoms with Gasteiger partial charge in [-0.1, -0.05) is 60.2 Å². The van der Waals surface area contributed by atoms with Gasteiger partial charge < -0.3 is 4.90 Å². The highest BCUT2D eigenvalue weighted by Gasteiger charge is 2.33. The lowest BCUT2D eigenvalue weighted by Crippen LogP contribution is -2.36. The van der Waals surface area contributed by atoms with Gasteiger partial charge in [-0.25, -0.2) is 0 Å². The highest BCUT2D eigenvalue weighted by atomic mass is 16.2. The molecule has 5 rings (SSSR count). The van der Waals surface area contributed by atoms with Crippen LogP contribution in [0.3, 0.4) is 0 Å². The molecule has 0 spiro atoms. The number of hydrogen-bond donors (Lipinski definition) is 0. The predicted molar refractivity (Wildman–Crippen MR) is 113 cm³/mol. The zero-order valence-corrected chi connectivity index (χ0v) is 16.0. The Bertz CT molecular complexity index is 1040. The Hall–Kier alpha value is -2.94. The van der Waals surface area contributed by atoms with E-state index in [-0.39, 0.29) is 0 Å². The Morgan fingerprint density at radius 1 is 1.04 bits per heavy atom. The Morgan fingerprint density at radius 2 is 1.86 bits per heavy atom. The van der Waals surface area contributed by atoms with Crippen LogP contribution in [-0.2, 0) is 11.2 Å². The third-order valence-corrected chi connectivity index (χ3v) is 5.91. The van der Waals surface area contributed by atoms with Crippen molar-refractivity contribution in [2.75, 3.05) is 13.1 Å². The molecule has 1 fully saturated rings. The highest BCUT2D eigenvalue weighted by molar-refractivity contribution is 5.95. The summed E-state index contributed by atoms with van der Waals surface area (Å²) in [6.07, 6.45) is 10.3. The molecule has 0 N–H and O–H groups in total. The van der Waals surface area contributed by atoms with Gasteiger partial charge >= 0.3 is 0 Å². The molecule has 0 radical (unpaired) electrons. The summed E-state index contributed by atoms with van der Waals surface area (Å²) in [4.78, 5) is 18.6. The number of hydrogen-bond acceptors (Lipinski definition) is 2. The van der Waals surface area contributed by atoms with Gasteiger partial charge in [0, 0.05) is 42.4 Å². The number of nitrogens with zero attached hydrogens (tertiary/aromatic N) is 2. The highest BCUT2D eigenvalue weighted by Crippen LogP contribution is 2.32. The topological polar surface area (TPSA) is 33.2 Å². The molecule has 3 nitrogen and oxygen atoms in total. The van der Waals surface area contributed by atoms with E-state index in [0.29, 0.717) is 11.8 Å². The van der Waals surface area contributed by atoms with Gasteiger partial charge in [-0.2, -0.15) is 0 Å². The van der Waals surface area contributed by atoms with E-state index in [0.717, 1.165) is 38.8 Å². The number of amides is 1. The van der Waals surface area contributed by atoms with Crippen LogP contribution < -0.4 is 0 Å². The summed E-state index contributed by atoms with van der Waals surface area (Å²) >= 11 is 0. The second-order valence-corrected chi connectivity index (χ2v) is 7.95. The third-order valence-electron chi connectivity index (χ3n) is 5.91. The van der Waals surface area contributed by atoms with Crippen molar-refractivity contribution in [2.24, 2.45) is 5.92 Å². The van der Waals surface area contributed by atoms with Crippen LogP contribution in [-0.4, -0.2) is 28.9 Å². The third kappa shape index (κ3) is 3.45. The zero-order valence-electron chi connectivity index (χ0n) is 16.0. The molecule has 2 aromatic carbocycles. The number of carbonyl (C=O) groups excluding carboxylic acids is 1. The van der Waals surface area contributed by atoms with E-state index < -0.39 is 0 Å². The zero-order chi connectivity index (χ0) is 18.9. The van der Waals surface area contributed by atoms with Crippen molar-refractivity contribution in [3.05, 3.63) is 78.1 Å². The van der Waals surface area contributed by atoms with Crippen molar-refractivity contribution in [1.82, 2.24) is 9.88 Å². The van der Waals surface area contributed by atoms with Crippen LogP contribution in [0.1, 0.15) is 24.8 Å². The Kier molecular flexibility index (Phi) is 4.44. The van der Waals surface area contributed by atoms with Crippen LogP contribution in [0.25, 0.3) is 21.9 Å². The average Bonchev–Trinajstić information content (AvgIpc) is 3.59. The number of pyridine rings is 1. The lowest BCUT2D eigenvalue weighted by molar-refractivity contribution is -0.132. The maximum absolute atomic E-state index is 12.2. The lowest BCUT2D eigenvalue weighted by Gasteiger charge is -2.26. The van der Waals surface area contributed by atoms with Crippen LogP contribution in [0.15, 0.2) is 72.6 Å². The second kappa shape index (κ2) is 7.23. The SMILES string of the molecule is O=C(C1CC1)N1CC=C(Cc2ccc(-c3cncc4ccccc34)cc2)CC1. The molecule has 140 valence electrons. The second-order valence-electron chi connectivity index (χ2n) is 7.95. The maximum atomic E-state index is 12.2. The van der Waals surface area contributed by atoms with Gasteiger partial charge in [-0.05, 0) is 42.2 Å². The van der Waals surface area contributed by atoms with E-state index in [4.69, 9.17) is 0 Å². The van der Waals surface area contributed by atoms with Crippen molar-refractivity contribution < 1.29 is 4.79 Å². The standard InChI is InChI=1S/C25H24N2O/c28-25(21-9-10-21)27-13-11-19(12-14-27)15-18-5-7-20(8-6-18)24-17-26-16-22-3-1-2-4-23(22)24/h1-8,11,16-17,21H,9-10,12-15H2. The fourth-order valence-electron chi connectivity index (χ4n) is 4.07. The quantitative estimate of drug-likeness (QED) is 0.606. The molecule has 1 aromatic heterocycles. The van der Waals surface area contributed by atoms with Gasteiger partial charge in [0.05, 0.1) is 0 Å². The number of fused-ring (bicyclic) bond motifs is 1. The summed E-state index contributed by atoms with van der Waals surface area (Å²) in [5.41, 5.74) is 5.15. The van der Waals surface area contributed by atoms with Gasteiger partial charge in [0.2, 0.25) is 5.91 Å². The monoisotopic (exact) mass is 368 g/mol. The van der Waals surface area contributed by atoms with Gasteiger partial charge in [0.1, 0.15) is 0 Å². The summed E-state index contributed by atoms with van der Waals surface area (Å²) in [6, 6.07) is 17.2. The minimum absolute atomic E-state index is 0.325. The molecule has 2 aliphatic rings. The first-order chi connectivity index (χ1) is 13.8. The van der Waals surface area contributed by atoms with E-state index in [2.05, 4.69) is 53.5 Å². The van der Waals surface area contributed by atoms with Crippen molar-refractivity contribution in [3.8, 4) is 11.1 Å². The van der Waals surface area contributed by atoms with Gasteiger partial charge in [-0.3, -0.25) is 9.78 Å². The minimum atomic E-state index is 0.325. The summed E-state index contributed by atoms with van der Waals surface area (Å²) in [5.74, 6) is 0.689. The van der Waals surface area contributed by atoms with E-state index >= 15 is 0 Å². The fourth-order valence-corrected chi connectivity index (χ4v) is 4.07. The first kappa shape index (κ1) is 17.2. The Balaban J connectivity index is 1.30. The first-order valence-electron chi connectivity index (χ1n) is 10.2. The van der Waals surface area contributed by atoms with Crippen molar-refractivity contribution in [3.63, 3.8) is 0 Å². The number of benzene rings is 2. The van der Waals surface area contributed by atoms with Crippen LogP contribution in [0, 0.1) is 5.92 Å². The first-order valence-corrected chi connectivity index (χ1v) is 10.2. The molecule has 3 aromatic rings.